The fraction of sp³-hybridized carbons (Fsp3) is 0. The Hall–Kier alpha value is -4.24. The van der Waals surface area contributed by atoms with Crippen molar-refractivity contribution in [2.24, 2.45) is 0 Å². The zero-order valence-electron chi connectivity index (χ0n) is 19.7. The van der Waals surface area contributed by atoms with E-state index in [0.717, 1.165) is 55.7 Å². The molecule has 0 saturated heterocycles. The van der Waals surface area contributed by atoms with Gasteiger partial charge < -0.3 is 4.98 Å². The Bertz CT molecular complexity index is 1650. The third-order valence-corrected chi connectivity index (χ3v) is 6.18. The van der Waals surface area contributed by atoms with Gasteiger partial charge in [-0.05, 0) is 34.6 Å². The van der Waals surface area contributed by atoms with Crippen LogP contribution in [0.5, 0.6) is 0 Å². The number of carbonyl (C=O) groups is 1. The molecule has 0 bridgehead atoms. The SMILES string of the molecule is O=C1c2ccccc2-c2cc(-c3[c-]cccc3)nc3cccc1c23.[Ir].[c-]1ccccc1-c1ccccn1. The molecule has 0 fully saturated rings. The summed E-state index contributed by atoms with van der Waals surface area (Å²) in [6.45, 7) is 0. The number of rotatable bonds is 2. The summed E-state index contributed by atoms with van der Waals surface area (Å²) in [6.07, 6.45) is 1.79. The molecule has 0 atom stereocenters. The molecule has 0 saturated carbocycles. The van der Waals surface area contributed by atoms with E-state index >= 15 is 0 Å². The van der Waals surface area contributed by atoms with Gasteiger partial charge in [-0.15, -0.1) is 71.8 Å². The monoisotopic (exact) mass is 653 g/mol. The molecule has 0 amide bonds. The van der Waals surface area contributed by atoms with E-state index in [2.05, 4.69) is 23.2 Å². The van der Waals surface area contributed by atoms with Crippen molar-refractivity contribution in [3.8, 4) is 33.6 Å². The predicted octanol–water partition coefficient (Wildman–Crippen LogP) is 7.46. The molecule has 2 heterocycles. The van der Waals surface area contributed by atoms with E-state index in [1.54, 1.807) is 6.20 Å². The Morgan fingerprint density at radius 3 is 1.89 bits per heavy atom. The van der Waals surface area contributed by atoms with Crippen molar-refractivity contribution in [3.63, 3.8) is 0 Å². The molecule has 0 unspecified atom stereocenters. The molecular weight excluding hydrogens is 633 g/mol. The van der Waals surface area contributed by atoms with Crippen molar-refractivity contribution in [3.05, 3.63) is 145 Å². The van der Waals surface area contributed by atoms with Crippen LogP contribution in [0.1, 0.15) is 15.9 Å². The number of benzene rings is 4. The molecule has 179 valence electrons. The second-order valence-electron chi connectivity index (χ2n) is 8.40. The molecule has 7 rings (SSSR count). The maximum atomic E-state index is 12.8. The molecule has 1 aliphatic rings. The molecule has 0 spiro atoms. The average molecular weight is 653 g/mol. The van der Waals surface area contributed by atoms with Crippen LogP contribution in [0.3, 0.4) is 0 Å². The fourth-order valence-corrected chi connectivity index (χ4v) is 4.52. The predicted molar refractivity (Wildman–Crippen MR) is 143 cm³/mol. The maximum Gasteiger partial charge on any atom is 0.194 e. The molecule has 3 nitrogen and oxygen atoms in total. The van der Waals surface area contributed by atoms with E-state index in [9.17, 15) is 4.79 Å². The Morgan fingerprint density at radius 2 is 1.22 bits per heavy atom. The number of pyridine rings is 2. The minimum absolute atomic E-state index is 0. The largest absolute Gasteiger partial charge is 0.305 e. The van der Waals surface area contributed by atoms with Crippen LogP contribution in [0, 0.1) is 12.1 Å². The van der Waals surface area contributed by atoms with Crippen LogP contribution in [0.4, 0.5) is 0 Å². The summed E-state index contributed by atoms with van der Waals surface area (Å²) in [5, 5.41) is 0.945. The van der Waals surface area contributed by atoms with E-state index in [0.29, 0.717) is 0 Å². The Labute approximate surface area is 229 Å². The van der Waals surface area contributed by atoms with Gasteiger partial charge in [0.2, 0.25) is 0 Å². The Morgan fingerprint density at radius 1 is 0.568 bits per heavy atom. The summed E-state index contributed by atoms with van der Waals surface area (Å²) in [4.78, 5) is 21.8. The topological polar surface area (TPSA) is 42.9 Å². The summed E-state index contributed by atoms with van der Waals surface area (Å²) in [7, 11) is 0. The van der Waals surface area contributed by atoms with Crippen molar-refractivity contribution >= 4 is 16.7 Å². The van der Waals surface area contributed by atoms with Gasteiger partial charge >= 0.3 is 0 Å². The zero-order chi connectivity index (χ0) is 24.3. The third-order valence-electron chi connectivity index (χ3n) is 6.18. The average Bonchev–Trinajstić information content (AvgIpc) is 2.97. The minimum Gasteiger partial charge on any atom is -0.305 e. The Balaban J connectivity index is 0.000000183. The molecule has 37 heavy (non-hydrogen) atoms. The van der Waals surface area contributed by atoms with E-state index < -0.39 is 0 Å². The molecule has 0 N–H and O–H groups in total. The molecule has 1 radical (unpaired) electrons. The van der Waals surface area contributed by atoms with Gasteiger partial charge in [-0.2, -0.15) is 0 Å². The third kappa shape index (κ3) is 4.77. The molecule has 2 aromatic heterocycles. The second-order valence-corrected chi connectivity index (χ2v) is 8.40. The van der Waals surface area contributed by atoms with Crippen LogP contribution in [-0.4, -0.2) is 15.8 Å². The molecule has 0 aliphatic heterocycles. The first-order chi connectivity index (χ1) is 17.8. The van der Waals surface area contributed by atoms with Gasteiger partial charge in [0.05, 0.1) is 5.52 Å². The molecular formula is C33H20IrN2O-2. The van der Waals surface area contributed by atoms with Gasteiger partial charge in [0.15, 0.2) is 5.78 Å². The van der Waals surface area contributed by atoms with Crippen molar-refractivity contribution < 1.29 is 24.9 Å². The van der Waals surface area contributed by atoms with Crippen molar-refractivity contribution in [2.75, 3.05) is 0 Å². The number of fused-ring (bicyclic) bond motifs is 2. The van der Waals surface area contributed by atoms with Gasteiger partial charge in [0.1, 0.15) is 0 Å². The van der Waals surface area contributed by atoms with Crippen molar-refractivity contribution in [2.45, 2.75) is 0 Å². The quantitative estimate of drug-likeness (QED) is 0.182. The number of hydrogen-bond acceptors (Lipinski definition) is 3. The smallest absolute Gasteiger partial charge is 0.194 e. The van der Waals surface area contributed by atoms with Crippen LogP contribution in [-0.2, 0) is 20.1 Å². The first-order valence-electron chi connectivity index (χ1n) is 11.7. The molecule has 4 aromatic carbocycles. The number of carbonyl (C=O) groups excluding carboxylic acids is 1. The van der Waals surface area contributed by atoms with Gasteiger partial charge in [-0.3, -0.25) is 9.78 Å². The number of hydrogen-bond donors (Lipinski definition) is 0. The van der Waals surface area contributed by atoms with Crippen LogP contribution in [0.15, 0.2) is 121 Å². The summed E-state index contributed by atoms with van der Waals surface area (Å²) >= 11 is 0. The summed E-state index contributed by atoms with van der Waals surface area (Å²) in [5.41, 5.74) is 8.22. The number of aromatic nitrogens is 2. The fourth-order valence-electron chi connectivity index (χ4n) is 4.52. The van der Waals surface area contributed by atoms with Gasteiger partial charge in [0, 0.05) is 42.8 Å². The maximum absolute atomic E-state index is 12.8. The van der Waals surface area contributed by atoms with E-state index in [1.165, 1.54) is 0 Å². The van der Waals surface area contributed by atoms with Gasteiger partial charge in [-0.1, -0.05) is 54.6 Å². The second kappa shape index (κ2) is 10.8. The molecule has 6 aromatic rings. The van der Waals surface area contributed by atoms with Gasteiger partial charge in [-0.25, -0.2) is 0 Å². The van der Waals surface area contributed by atoms with Crippen LogP contribution < -0.4 is 0 Å². The molecule has 4 heteroatoms. The van der Waals surface area contributed by atoms with Crippen molar-refractivity contribution in [1.82, 2.24) is 9.97 Å². The van der Waals surface area contributed by atoms with Crippen LogP contribution in [0.2, 0.25) is 0 Å². The number of nitrogens with zero attached hydrogens (tertiary/aromatic N) is 2. The first kappa shape index (κ1) is 24.5. The normalized spacial score (nSPS) is 11.1. The first-order valence-corrected chi connectivity index (χ1v) is 11.7. The van der Waals surface area contributed by atoms with Crippen molar-refractivity contribution in [1.29, 1.82) is 0 Å². The van der Waals surface area contributed by atoms with Gasteiger partial charge in [0.25, 0.3) is 0 Å². The standard InChI is InChI=1S/C22H12NO.C11H8N.Ir/c24-22-16-10-5-4-9-15(16)18-13-20(14-7-2-1-3-8-14)23-19-12-6-11-17(22)21(18)19;1-2-6-10(7-3-1)11-8-4-5-9-12-11;/h1-7,9-13H;1-6,8-9H;/q2*-1;. The van der Waals surface area contributed by atoms with Crippen LogP contribution in [0.25, 0.3) is 44.5 Å². The Kier molecular flexibility index (Phi) is 7.13. The molecule has 1 aliphatic carbocycles. The van der Waals surface area contributed by atoms with E-state index in [1.807, 2.05) is 109 Å². The van der Waals surface area contributed by atoms with Crippen LogP contribution >= 0.6 is 0 Å². The number of ketones is 1. The zero-order valence-corrected chi connectivity index (χ0v) is 22.1. The van der Waals surface area contributed by atoms with E-state index in [-0.39, 0.29) is 25.9 Å². The minimum atomic E-state index is 0. The summed E-state index contributed by atoms with van der Waals surface area (Å²) in [6, 6.07) is 43.5. The summed E-state index contributed by atoms with van der Waals surface area (Å²) < 4.78 is 0. The summed E-state index contributed by atoms with van der Waals surface area (Å²) in [5.74, 6) is 0.0736. The van der Waals surface area contributed by atoms with E-state index in [4.69, 9.17) is 4.98 Å².